The molecule has 1 rings (SSSR count). The van der Waals surface area contributed by atoms with E-state index in [9.17, 15) is 9.90 Å². The Morgan fingerprint density at radius 1 is 1.47 bits per heavy atom. The van der Waals surface area contributed by atoms with Crippen molar-refractivity contribution < 1.29 is 14.7 Å². The van der Waals surface area contributed by atoms with Crippen molar-refractivity contribution in [1.82, 2.24) is 0 Å². The quantitative estimate of drug-likeness (QED) is 0.562. The fourth-order valence-electron chi connectivity index (χ4n) is 1.88. The van der Waals surface area contributed by atoms with Gasteiger partial charge in [-0.3, -0.25) is 4.79 Å². The van der Waals surface area contributed by atoms with Crippen LogP contribution in [0.3, 0.4) is 0 Å². The van der Waals surface area contributed by atoms with Crippen molar-refractivity contribution >= 4 is 11.5 Å². The van der Waals surface area contributed by atoms with Crippen LogP contribution in [0.1, 0.15) is 33.6 Å². The monoisotopic (exact) mass is 211 g/mol. The first-order chi connectivity index (χ1) is 6.87. The van der Waals surface area contributed by atoms with Gasteiger partial charge >= 0.3 is 0 Å². The Morgan fingerprint density at radius 3 is 2.53 bits per heavy atom. The van der Waals surface area contributed by atoms with Gasteiger partial charge in [-0.25, -0.2) is 0 Å². The summed E-state index contributed by atoms with van der Waals surface area (Å²) in [6.07, 6.45) is 0.938. The molecule has 84 valence electrons. The van der Waals surface area contributed by atoms with Gasteiger partial charge in [-0.1, -0.05) is 19.0 Å². The second kappa shape index (κ2) is 4.04. The summed E-state index contributed by atoms with van der Waals surface area (Å²) < 4.78 is 0. The molecule has 0 radical (unpaired) electrons. The highest BCUT2D eigenvalue weighted by Gasteiger charge is 2.34. The van der Waals surface area contributed by atoms with Crippen molar-refractivity contribution in [2.75, 3.05) is 7.11 Å². The number of oxime groups is 1. The number of carbonyl (C=O) groups excluding carboxylic acids is 1. The van der Waals surface area contributed by atoms with E-state index in [0.717, 1.165) is 0 Å². The maximum Gasteiger partial charge on any atom is 0.168 e. The van der Waals surface area contributed by atoms with Crippen LogP contribution >= 0.6 is 0 Å². The fraction of sp³-hybridized carbons (Fsp3) is 0.636. The molecule has 1 aliphatic carbocycles. The number of aliphatic hydroxyl groups is 1. The zero-order valence-corrected chi connectivity index (χ0v) is 9.63. The summed E-state index contributed by atoms with van der Waals surface area (Å²) in [7, 11) is 1.42. The lowest BCUT2D eigenvalue weighted by atomic mass is 9.76. The van der Waals surface area contributed by atoms with E-state index in [0.29, 0.717) is 24.1 Å². The van der Waals surface area contributed by atoms with E-state index in [-0.39, 0.29) is 17.0 Å². The molecule has 0 heterocycles. The molecule has 4 nitrogen and oxygen atoms in total. The summed E-state index contributed by atoms with van der Waals surface area (Å²) in [6, 6.07) is 0. The predicted octanol–water partition coefficient (Wildman–Crippen LogP) is 2.21. The number of rotatable bonds is 2. The summed E-state index contributed by atoms with van der Waals surface area (Å²) in [5, 5.41) is 13.5. The summed E-state index contributed by atoms with van der Waals surface area (Å²) in [5.41, 5.74) is 0.588. The molecule has 0 bridgehead atoms. The molecule has 1 N–H and O–H groups in total. The zero-order valence-electron chi connectivity index (χ0n) is 9.63. The normalized spacial score (nSPS) is 21.9. The third kappa shape index (κ3) is 2.58. The Bertz CT molecular complexity index is 340. The van der Waals surface area contributed by atoms with Crippen molar-refractivity contribution in [3.8, 4) is 0 Å². The van der Waals surface area contributed by atoms with Crippen molar-refractivity contribution in [1.29, 1.82) is 0 Å². The van der Waals surface area contributed by atoms with Gasteiger partial charge in [0.2, 0.25) is 0 Å². The van der Waals surface area contributed by atoms with E-state index in [1.54, 1.807) is 6.92 Å². The Labute approximate surface area is 89.6 Å². The van der Waals surface area contributed by atoms with Crippen LogP contribution in [0, 0.1) is 5.41 Å². The van der Waals surface area contributed by atoms with Crippen LogP contribution < -0.4 is 0 Å². The van der Waals surface area contributed by atoms with Gasteiger partial charge in [-0.2, -0.15) is 0 Å². The standard InChI is InChI=1S/C11H17NO3/c1-7(12-15-4)10-8(13)5-11(2,3)6-9(10)14/h13H,5-6H2,1-4H3. The van der Waals surface area contributed by atoms with E-state index in [1.807, 2.05) is 13.8 Å². The summed E-state index contributed by atoms with van der Waals surface area (Å²) in [6.45, 7) is 5.58. The molecule has 0 aromatic carbocycles. The highest BCUT2D eigenvalue weighted by atomic mass is 16.6. The second-order valence-corrected chi connectivity index (χ2v) is 4.62. The molecule has 0 aromatic rings. The van der Waals surface area contributed by atoms with Gasteiger partial charge in [0, 0.05) is 12.8 Å². The molecule has 0 unspecified atom stereocenters. The van der Waals surface area contributed by atoms with Gasteiger partial charge in [-0.15, -0.1) is 0 Å². The summed E-state index contributed by atoms with van der Waals surface area (Å²) >= 11 is 0. The van der Waals surface area contributed by atoms with E-state index in [4.69, 9.17) is 0 Å². The number of nitrogens with zero attached hydrogens (tertiary/aromatic N) is 1. The van der Waals surface area contributed by atoms with Gasteiger partial charge in [0.1, 0.15) is 12.9 Å². The van der Waals surface area contributed by atoms with Crippen molar-refractivity contribution in [3.63, 3.8) is 0 Å². The van der Waals surface area contributed by atoms with E-state index in [1.165, 1.54) is 7.11 Å². The van der Waals surface area contributed by atoms with Gasteiger partial charge in [-0.05, 0) is 12.3 Å². The van der Waals surface area contributed by atoms with Gasteiger partial charge < -0.3 is 9.94 Å². The average Bonchev–Trinajstić information content (AvgIpc) is 1.99. The first-order valence-corrected chi connectivity index (χ1v) is 4.91. The summed E-state index contributed by atoms with van der Waals surface area (Å²) in [4.78, 5) is 16.4. The number of allylic oxidation sites excluding steroid dienone is 2. The maximum atomic E-state index is 11.8. The third-order valence-electron chi connectivity index (χ3n) is 2.44. The Morgan fingerprint density at radius 2 is 2.07 bits per heavy atom. The molecule has 0 aliphatic heterocycles. The van der Waals surface area contributed by atoms with Crippen LogP contribution in [-0.4, -0.2) is 23.7 Å². The number of hydrogen-bond donors (Lipinski definition) is 1. The Kier molecular flexibility index (Phi) is 3.17. The SMILES string of the molecule is CON=C(C)C1=C(O)CC(C)(C)CC1=O. The molecule has 0 fully saturated rings. The molecule has 15 heavy (non-hydrogen) atoms. The third-order valence-corrected chi connectivity index (χ3v) is 2.44. The molecule has 0 atom stereocenters. The molecule has 0 spiro atoms. The minimum absolute atomic E-state index is 0.0675. The van der Waals surface area contributed by atoms with Crippen LogP contribution in [0.5, 0.6) is 0 Å². The second-order valence-electron chi connectivity index (χ2n) is 4.62. The smallest absolute Gasteiger partial charge is 0.168 e. The van der Waals surface area contributed by atoms with Gasteiger partial charge in [0.05, 0.1) is 11.3 Å². The number of carbonyl (C=O) groups is 1. The maximum absolute atomic E-state index is 11.8. The highest BCUT2D eigenvalue weighted by Crippen LogP contribution is 2.35. The number of Topliss-reactive ketones (excluding diaryl/α,β-unsaturated/α-hetero) is 1. The number of ketones is 1. The molecule has 1 aliphatic rings. The topological polar surface area (TPSA) is 58.9 Å². The van der Waals surface area contributed by atoms with Crippen molar-refractivity contribution in [2.24, 2.45) is 10.6 Å². The molecule has 0 saturated heterocycles. The Balaban J connectivity index is 3.08. The summed E-state index contributed by atoms with van der Waals surface area (Å²) in [5.74, 6) is 0.0524. The molecular weight excluding hydrogens is 194 g/mol. The predicted molar refractivity (Wildman–Crippen MR) is 57.8 cm³/mol. The van der Waals surface area contributed by atoms with Gasteiger partial charge in [0.25, 0.3) is 0 Å². The fourth-order valence-corrected chi connectivity index (χ4v) is 1.88. The van der Waals surface area contributed by atoms with Crippen LogP contribution in [-0.2, 0) is 9.63 Å². The first-order valence-electron chi connectivity index (χ1n) is 4.91. The minimum Gasteiger partial charge on any atom is -0.511 e. The van der Waals surface area contributed by atoms with Crippen LogP contribution in [0.15, 0.2) is 16.5 Å². The van der Waals surface area contributed by atoms with Crippen molar-refractivity contribution in [2.45, 2.75) is 33.6 Å². The van der Waals surface area contributed by atoms with Crippen LogP contribution in [0.4, 0.5) is 0 Å². The molecular formula is C11H17NO3. The average molecular weight is 211 g/mol. The van der Waals surface area contributed by atoms with Gasteiger partial charge in [0.15, 0.2) is 5.78 Å². The van der Waals surface area contributed by atoms with E-state index in [2.05, 4.69) is 9.99 Å². The number of aliphatic hydroxyl groups excluding tert-OH is 1. The van der Waals surface area contributed by atoms with E-state index < -0.39 is 0 Å². The first kappa shape index (κ1) is 11.8. The van der Waals surface area contributed by atoms with E-state index >= 15 is 0 Å². The number of hydrogen-bond acceptors (Lipinski definition) is 4. The lowest BCUT2D eigenvalue weighted by Gasteiger charge is -2.29. The van der Waals surface area contributed by atoms with Crippen LogP contribution in [0.2, 0.25) is 0 Å². The molecule has 0 aromatic heterocycles. The zero-order chi connectivity index (χ0) is 11.6. The minimum atomic E-state index is -0.169. The Hall–Kier alpha value is -1.32. The molecule has 4 heteroatoms. The largest absolute Gasteiger partial charge is 0.511 e. The molecule has 0 saturated carbocycles. The van der Waals surface area contributed by atoms with Crippen LogP contribution in [0.25, 0.3) is 0 Å². The highest BCUT2D eigenvalue weighted by molar-refractivity contribution is 6.22. The lowest BCUT2D eigenvalue weighted by molar-refractivity contribution is -0.118. The van der Waals surface area contributed by atoms with Crippen molar-refractivity contribution in [3.05, 3.63) is 11.3 Å². The molecule has 0 amide bonds. The lowest BCUT2D eigenvalue weighted by Crippen LogP contribution is -2.28.